The first-order valence-corrected chi connectivity index (χ1v) is 8.22. The lowest BCUT2D eigenvalue weighted by atomic mass is 9.95. The van der Waals surface area contributed by atoms with Crippen LogP contribution < -0.4 is 5.56 Å². The van der Waals surface area contributed by atoms with E-state index in [0.29, 0.717) is 6.04 Å². The van der Waals surface area contributed by atoms with Gasteiger partial charge in [-0.2, -0.15) is 0 Å². The second-order valence-electron chi connectivity index (χ2n) is 5.55. The van der Waals surface area contributed by atoms with Gasteiger partial charge in [0.25, 0.3) is 5.56 Å². The van der Waals surface area contributed by atoms with Gasteiger partial charge < -0.3 is 4.98 Å². The maximum absolute atomic E-state index is 11.5. The summed E-state index contributed by atoms with van der Waals surface area (Å²) in [6.45, 7) is 4.56. The highest BCUT2D eigenvalue weighted by molar-refractivity contribution is 7.99. The molecule has 0 radical (unpaired) electrons. The molecule has 2 aliphatic rings. The molecule has 20 heavy (non-hydrogen) atoms. The molecule has 3 rings (SSSR count). The number of rotatable bonds is 4. The second kappa shape index (κ2) is 6.96. The number of hydrogen-bond donors (Lipinski definition) is 1. The van der Waals surface area contributed by atoms with Crippen LogP contribution in [0.4, 0.5) is 0 Å². The van der Waals surface area contributed by atoms with Crippen molar-refractivity contribution in [3.8, 4) is 0 Å². The van der Waals surface area contributed by atoms with Crippen LogP contribution in [0.15, 0.2) is 16.0 Å². The number of hydrogen-bond acceptors (Lipinski definition) is 4. The van der Waals surface area contributed by atoms with Crippen LogP contribution in [0.25, 0.3) is 0 Å². The van der Waals surface area contributed by atoms with Gasteiger partial charge in [-0.1, -0.05) is 6.92 Å². The van der Waals surface area contributed by atoms with Crippen molar-refractivity contribution in [2.75, 3.05) is 18.8 Å². The summed E-state index contributed by atoms with van der Waals surface area (Å²) in [5, 5.41) is 0.990. The standard InChI is InChI=1S/C14H21N3OS.ClH/c1-2-7-19-14-13(15-8-12(18)16-14)11-4-3-10-5-6-17(11)9-10;/h8,10-11H,2-7,9H2,1H3,(H,16,18);1H. The summed E-state index contributed by atoms with van der Waals surface area (Å²) in [4.78, 5) is 21.5. The number of aromatic nitrogens is 2. The van der Waals surface area contributed by atoms with Crippen LogP contribution in [0.1, 0.15) is 44.3 Å². The van der Waals surface area contributed by atoms with E-state index in [9.17, 15) is 4.79 Å². The van der Waals surface area contributed by atoms with E-state index in [1.807, 2.05) is 0 Å². The maximum atomic E-state index is 11.5. The molecule has 3 atom stereocenters. The van der Waals surface area contributed by atoms with Crippen LogP contribution in [-0.2, 0) is 0 Å². The van der Waals surface area contributed by atoms with Crippen molar-refractivity contribution in [3.63, 3.8) is 0 Å². The highest BCUT2D eigenvalue weighted by Crippen LogP contribution is 2.40. The molecule has 112 valence electrons. The average Bonchev–Trinajstić information content (AvgIpc) is 2.79. The molecule has 3 unspecified atom stereocenters. The molecule has 2 saturated heterocycles. The van der Waals surface area contributed by atoms with Gasteiger partial charge in [-0.15, -0.1) is 24.2 Å². The van der Waals surface area contributed by atoms with E-state index < -0.39 is 0 Å². The smallest absolute Gasteiger partial charge is 0.267 e. The van der Waals surface area contributed by atoms with Crippen molar-refractivity contribution in [1.82, 2.24) is 14.9 Å². The number of aromatic amines is 1. The van der Waals surface area contributed by atoms with E-state index in [-0.39, 0.29) is 18.0 Å². The van der Waals surface area contributed by atoms with Crippen LogP contribution in [-0.4, -0.2) is 33.7 Å². The first-order valence-electron chi connectivity index (χ1n) is 7.24. The van der Waals surface area contributed by atoms with Gasteiger partial charge in [0.2, 0.25) is 0 Å². The molecule has 2 aliphatic heterocycles. The fourth-order valence-electron chi connectivity index (χ4n) is 3.21. The summed E-state index contributed by atoms with van der Waals surface area (Å²) in [6, 6.07) is 0.412. The molecule has 2 bridgehead atoms. The number of halogens is 1. The van der Waals surface area contributed by atoms with Crippen molar-refractivity contribution in [2.45, 2.75) is 43.7 Å². The predicted octanol–water partition coefficient (Wildman–Crippen LogP) is 2.85. The molecule has 1 aromatic heterocycles. The zero-order chi connectivity index (χ0) is 13.2. The molecule has 0 aliphatic carbocycles. The molecular weight excluding hydrogens is 294 g/mol. The van der Waals surface area contributed by atoms with Gasteiger partial charge in [0, 0.05) is 6.54 Å². The van der Waals surface area contributed by atoms with Gasteiger partial charge in [0.1, 0.15) is 0 Å². The number of piperidine rings is 1. The lowest BCUT2D eigenvalue weighted by Crippen LogP contribution is -2.32. The fraction of sp³-hybridized carbons (Fsp3) is 0.714. The summed E-state index contributed by atoms with van der Waals surface area (Å²) >= 11 is 1.74. The third-order valence-electron chi connectivity index (χ3n) is 4.16. The Bertz CT molecular complexity index is 507. The number of nitrogens with one attached hydrogen (secondary N) is 1. The van der Waals surface area contributed by atoms with Crippen molar-refractivity contribution in [2.24, 2.45) is 5.92 Å². The summed E-state index contributed by atoms with van der Waals surface area (Å²) in [5.41, 5.74) is 1.01. The zero-order valence-corrected chi connectivity index (χ0v) is 13.4. The predicted molar refractivity (Wildman–Crippen MR) is 84.8 cm³/mol. The molecule has 0 saturated carbocycles. The normalized spacial score (nSPS) is 28.1. The highest BCUT2D eigenvalue weighted by atomic mass is 35.5. The van der Waals surface area contributed by atoms with Gasteiger partial charge in [-0.05, 0) is 43.9 Å². The summed E-state index contributed by atoms with van der Waals surface area (Å²) in [5.74, 6) is 1.93. The monoisotopic (exact) mass is 315 g/mol. The number of H-pyrrole nitrogens is 1. The molecule has 0 amide bonds. The van der Waals surface area contributed by atoms with Gasteiger partial charge in [-0.25, -0.2) is 0 Å². The van der Waals surface area contributed by atoms with Crippen molar-refractivity contribution in [1.29, 1.82) is 0 Å². The Morgan fingerprint density at radius 3 is 3.10 bits per heavy atom. The maximum Gasteiger partial charge on any atom is 0.267 e. The third kappa shape index (κ3) is 3.21. The topological polar surface area (TPSA) is 49.0 Å². The number of nitrogens with zero attached hydrogens (tertiary/aromatic N) is 2. The Kier molecular flexibility index (Phi) is 5.52. The zero-order valence-electron chi connectivity index (χ0n) is 11.8. The second-order valence-corrected chi connectivity index (χ2v) is 6.66. The first kappa shape index (κ1) is 15.9. The van der Waals surface area contributed by atoms with E-state index in [0.717, 1.165) is 28.8 Å². The molecule has 4 nitrogen and oxygen atoms in total. The Morgan fingerprint density at radius 2 is 2.30 bits per heavy atom. The van der Waals surface area contributed by atoms with E-state index in [1.54, 1.807) is 11.8 Å². The Balaban J connectivity index is 0.00000147. The fourth-order valence-corrected chi connectivity index (χ4v) is 4.13. The number of thioether (sulfide) groups is 1. The van der Waals surface area contributed by atoms with E-state index in [2.05, 4.69) is 21.8 Å². The van der Waals surface area contributed by atoms with Gasteiger partial charge in [-0.3, -0.25) is 14.7 Å². The largest absolute Gasteiger partial charge is 0.314 e. The van der Waals surface area contributed by atoms with Crippen molar-refractivity contribution in [3.05, 3.63) is 22.2 Å². The van der Waals surface area contributed by atoms with Crippen LogP contribution in [0.5, 0.6) is 0 Å². The molecule has 1 aromatic rings. The van der Waals surface area contributed by atoms with E-state index in [1.165, 1.54) is 38.5 Å². The molecule has 0 aromatic carbocycles. The summed E-state index contributed by atoms with van der Waals surface area (Å²) < 4.78 is 0. The first-order chi connectivity index (χ1) is 9.28. The summed E-state index contributed by atoms with van der Waals surface area (Å²) in [6.07, 6.45) is 6.37. The minimum Gasteiger partial charge on any atom is -0.314 e. The van der Waals surface area contributed by atoms with Gasteiger partial charge in [0.15, 0.2) is 0 Å². The van der Waals surface area contributed by atoms with Crippen LogP contribution in [0, 0.1) is 5.92 Å². The Hall–Kier alpha value is -0.520. The molecule has 0 spiro atoms. The van der Waals surface area contributed by atoms with Gasteiger partial charge >= 0.3 is 0 Å². The Morgan fingerprint density at radius 1 is 1.45 bits per heavy atom. The minimum absolute atomic E-state index is 0. The molecule has 2 fully saturated rings. The Labute approximate surface area is 130 Å². The van der Waals surface area contributed by atoms with Crippen LogP contribution in [0.2, 0.25) is 0 Å². The number of fused-ring (bicyclic) bond motifs is 2. The SMILES string of the molecule is CCCSc1[nH]c(=O)cnc1C1CCC2CCN1C2.Cl. The van der Waals surface area contributed by atoms with Crippen molar-refractivity contribution >= 4 is 24.2 Å². The molecular formula is C14H22ClN3OS. The lowest BCUT2D eigenvalue weighted by molar-refractivity contribution is 0.175. The third-order valence-corrected chi connectivity index (χ3v) is 5.38. The van der Waals surface area contributed by atoms with Gasteiger partial charge in [0.05, 0.1) is 23.0 Å². The van der Waals surface area contributed by atoms with E-state index in [4.69, 9.17) is 0 Å². The minimum atomic E-state index is -0.0857. The average molecular weight is 316 g/mol. The molecule has 1 N–H and O–H groups in total. The van der Waals surface area contributed by atoms with Crippen molar-refractivity contribution < 1.29 is 0 Å². The van der Waals surface area contributed by atoms with Crippen LogP contribution >= 0.6 is 24.2 Å². The molecule has 3 heterocycles. The summed E-state index contributed by atoms with van der Waals surface area (Å²) in [7, 11) is 0. The van der Waals surface area contributed by atoms with Crippen LogP contribution in [0.3, 0.4) is 0 Å². The quantitative estimate of drug-likeness (QED) is 0.868. The highest BCUT2D eigenvalue weighted by Gasteiger charge is 2.36. The lowest BCUT2D eigenvalue weighted by Gasteiger charge is -2.32. The molecule has 6 heteroatoms. The van der Waals surface area contributed by atoms with E-state index >= 15 is 0 Å².